The number of hydrogen-bond donors (Lipinski definition) is 0. The molecule has 0 N–H and O–H groups in total. The molecule has 0 aliphatic heterocycles. The first kappa shape index (κ1) is 23.9. The van der Waals surface area contributed by atoms with E-state index in [1.54, 1.807) is 0 Å². The Morgan fingerprint density at radius 1 is 0.552 bits per heavy atom. The average Bonchev–Trinajstić information content (AvgIpc) is 3.32. The fourth-order valence-corrected chi connectivity index (χ4v) is 3.95. The summed E-state index contributed by atoms with van der Waals surface area (Å²) in [6, 6.07) is 26.3. The zero-order valence-electron chi connectivity index (χ0n) is 16.8. The van der Waals surface area contributed by atoms with E-state index in [-0.39, 0.29) is 14.9 Å². The molecular formula is C26H24Cl2Zr. The molecule has 0 unspecified atom stereocenters. The van der Waals surface area contributed by atoms with Gasteiger partial charge in [0.2, 0.25) is 0 Å². The van der Waals surface area contributed by atoms with Gasteiger partial charge in [0.15, 0.2) is 0 Å². The van der Waals surface area contributed by atoms with Crippen LogP contribution in [0.1, 0.15) is 33.4 Å². The maximum absolute atomic E-state index is 4.93. The van der Waals surface area contributed by atoms with Gasteiger partial charge in [-0.2, -0.15) is 0 Å². The Kier molecular flexibility index (Phi) is 9.15. The molecule has 0 nitrogen and oxygen atoms in total. The Hall–Kier alpha value is -1.40. The molecule has 2 aliphatic rings. The van der Waals surface area contributed by atoms with Crippen LogP contribution in [0, 0.1) is 14.9 Å². The molecule has 0 aromatic heterocycles. The van der Waals surface area contributed by atoms with Crippen molar-refractivity contribution in [3.63, 3.8) is 0 Å². The number of allylic oxidation sites excluding steroid dienone is 2. The van der Waals surface area contributed by atoms with Gasteiger partial charge in [-0.15, -0.1) is 0 Å². The van der Waals surface area contributed by atoms with Crippen molar-refractivity contribution in [2.24, 2.45) is 0 Å². The molecule has 3 aromatic rings. The third-order valence-electron chi connectivity index (χ3n) is 5.15. The van der Waals surface area contributed by atoms with Gasteiger partial charge in [-0.05, 0) is 57.4 Å². The van der Waals surface area contributed by atoms with Crippen LogP contribution in [-0.2, 0) is 33.7 Å². The minimum atomic E-state index is -0.826. The fourth-order valence-electron chi connectivity index (χ4n) is 3.95. The van der Waals surface area contributed by atoms with E-state index < -0.39 is 20.8 Å². The minimum absolute atomic E-state index is 0. The SMILES string of the molecule is C1=C(c2ccccc2C2=Cc3ccccc3C2)Cc2ccccc21.[CH3-].[CH3-].[Cl][Zr+2][Cl]. The molecule has 0 atom stereocenters. The van der Waals surface area contributed by atoms with Crippen LogP contribution in [-0.4, -0.2) is 0 Å². The molecule has 3 heteroatoms. The zero-order valence-corrected chi connectivity index (χ0v) is 20.7. The van der Waals surface area contributed by atoms with Crippen LogP contribution in [0.4, 0.5) is 0 Å². The molecule has 0 heterocycles. The Balaban J connectivity index is 0.000000568. The maximum atomic E-state index is 4.93. The van der Waals surface area contributed by atoms with Crippen molar-refractivity contribution >= 4 is 40.3 Å². The van der Waals surface area contributed by atoms with Crippen LogP contribution >= 0.6 is 17.0 Å². The van der Waals surface area contributed by atoms with E-state index in [2.05, 4.69) is 84.9 Å². The van der Waals surface area contributed by atoms with Gasteiger partial charge in [-0.1, -0.05) is 84.9 Å². The zero-order chi connectivity index (χ0) is 18.6. The molecule has 0 amide bonds. The van der Waals surface area contributed by atoms with E-state index in [9.17, 15) is 0 Å². The molecular weight excluding hydrogens is 474 g/mol. The molecule has 29 heavy (non-hydrogen) atoms. The van der Waals surface area contributed by atoms with E-state index in [0.29, 0.717) is 0 Å². The van der Waals surface area contributed by atoms with Crippen molar-refractivity contribution in [3.05, 3.63) is 121 Å². The molecule has 0 radical (unpaired) electrons. The van der Waals surface area contributed by atoms with Crippen LogP contribution < -0.4 is 0 Å². The molecule has 0 fully saturated rings. The monoisotopic (exact) mass is 496 g/mol. The first-order chi connectivity index (χ1) is 13.3. The Bertz CT molecular complexity index is 952. The molecule has 0 saturated heterocycles. The summed E-state index contributed by atoms with van der Waals surface area (Å²) < 4.78 is 0. The summed E-state index contributed by atoms with van der Waals surface area (Å²) in [4.78, 5) is 0. The third-order valence-corrected chi connectivity index (χ3v) is 5.15. The molecule has 5 rings (SSSR count). The standard InChI is InChI=1S/C24H18.2CH3.2ClH.Zr/c1-2-8-18-14-21(13-17(18)7-1)23-11-5-6-12-24(23)22-15-19-9-3-4-10-20(19)16-22;;;;;/h1-13,15H,14,16H2;2*1H3;2*1H;/q;2*-1;;;+4/p-2. The quantitative estimate of drug-likeness (QED) is 0.313. The van der Waals surface area contributed by atoms with E-state index in [1.807, 2.05) is 0 Å². The summed E-state index contributed by atoms with van der Waals surface area (Å²) in [5, 5.41) is 0. The van der Waals surface area contributed by atoms with Crippen molar-refractivity contribution in [3.8, 4) is 0 Å². The number of rotatable bonds is 2. The van der Waals surface area contributed by atoms with Gasteiger partial charge >= 0.3 is 37.9 Å². The molecule has 2 aliphatic carbocycles. The summed E-state index contributed by atoms with van der Waals surface area (Å²) in [5.74, 6) is 0. The first-order valence-electron chi connectivity index (χ1n) is 8.93. The van der Waals surface area contributed by atoms with Gasteiger partial charge in [-0.3, -0.25) is 0 Å². The second-order valence-corrected chi connectivity index (χ2v) is 10.4. The molecule has 0 spiro atoms. The topological polar surface area (TPSA) is 0 Å². The Morgan fingerprint density at radius 2 is 0.897 bits per heavy atom. The molecule has 3 aromatic carbocycles. The second-order valence-electron chi connectivity index (χ2n) is 6.71. The van der Waals surface area contributed by atoms with Crippen LogP contribution in [0.5, 0.6) is 0 Å². The average molecular weight is 499 g/mol. The third kappa shape index (κ3) is 5.21. The van der Waals surface area contributed by atoms with E-state index in [1.165, 1.54) is 44.5 Å². The van der Waals surface area contributed by atoms with Gasteiger partial charge in [0.1, 0.15) is 0 Å². The normalized spacial score (nSPS) is 12.6. The first-order valence-corrected chi connectivity index (χ1v) is 15.3. The predicted molar refractivity (Wildman–Crippen MR) is 127 cm³/mol. The van der Waals surface area contributed by atoms with Gasteiger partial charge in [0, 0.05) is 0 Å². The number of halogens is 2. The molecule has 0 saturated carbocycles. The summed E-state index contributed by atoms with van der Waals surface area (Å²) in [6.45, 7) is 0. The fraction of sp³-hybridized carbons (Fsp3) is 0.0769. The molecule has 0 bridgehead atoms. The summed E-state index contributed by atoms with van der Waals surface area (Å²) in [6.07, 6.45) is 6.79. The summed E-state index contributed by atoms with van der Waals surface area (Å²) >= 11 is -0.826. The number of hydrogen-bond acceptors (Lipinski definition) is 0. The van der Waals surface area contributed by atoms with Gasteiger partial charge in [-0.25, -0.2) is 0 Å². The Morgan fingerprint density at radius 3 is 1.28 bits per heavy atom. The van der Waals surface area contributed by atoms with Crippen molar-refractivity contribution in [1.82, 2.24) is 0 Å². The summed E-state index contributed by atoms with van der Waals surface area (Å²) in [7, 11) is 9.87. The van der Waals surface area contributed by atoms with E-state index in [4.69, 9.17) is 17.0 Å². The predicted octanol–water partition coefficient (Wildman–Crippen LogP) is 8.16. The van der Waals surface area contributed by atoms with Crippen LogP contribution in [0.25, 0.3) is 23.3 Å². The van der Waals surface area contributed by atoms with Gasteiger partial charge in [0.25, 0.3) is 0 Å². The van der Waals surface area contributed by atoms with Crippen molar-refractivity contribution in [2.45, 2.75) is 12.8 Å². The van der Waals surface area contributed by atoms with Gasteiger partial charge in [0.05, 0.1) is 0 Å². The second kappa shape index (κ2) is 11.1. The molecule has 146 valence electrons. The van der Waals surface area contributed by atoms with Crippen molar-refractivity contribution in [2.75, 3.05) is 0 Å². The number of fused-ring (bicyclic) bond motifs is 2. The van der Waals surface area contributed by atoms with Crippen LogP contribution in [0.2, 0.25) is 0 Å². The van der Waals surface area contributed by atoms with Crippen LogP contribution in [0.15, 0.2) is 72.8 Å². The Labute approximate surface area is 193 Å². The summed E-state index contributed by atoms with van der Waals surface area (Å²) in [5.41, 5.74) is 11.2. The van der Waals surface area contributed by atoms with Crippen molar-refractivity contribution < 1.29 is 20.8 Å². The van der Waals surface area contributed by atoms with Crippen molar-refractivity contribution in [1.29, 1.82) is 0 Å². The van der Waals surface area contributed by atoms with E-state index >= 15 is 0 Å². The number of benzene rings is 3. The van der Waals surface area contributed by atoms with Gasteiger partial charge < -0.3 is 14.9 Å². The van der Waals surface area contributed by atoms with E-state index in [0.717, 1.165) is 12.8 Å². The van der Waals surface area contributed by atoms with Crippen LogP contribution in [0.3, 0.4) is 0 Å².